The summed E-state index contributed by atoms with van der Waals surface area (Å²) in [5.74, 6) is -0.437. The van der Waals surface area contributed by atoms with Crippen LogP contribution in [0.3, 0.4) is 0 Å². The number of ether oxygens (including phenoxy) is 2. The Kier molecular flexibility index (Phi) is 5.72. The van der Waals surface area contributed by atoms with Crippen LogP contribution in [0.5, 0.6) is 0 Å². The molecule has 1 aliphatic rings. The molecule has 0 bridgehead atoms. The van der Waals surface area contributed by atoms with Gasteiger partial charge in [-0.2, -0.15) is 17.4 Å². The van der Waals surface area contributed by atoms with Gasteiger partial charge in [0, 0.05) is 26.7 Å². The Morgan fingerprint density at radius 3 is 2.74 bits per heavy atom. The van der Waals surface area contributed by atoms with Crippen LogP contribution in [0.4, 0.5) is 0 Å². The normalized spacial score (nSPS) is 23.8. The second kappa shape index (κ2) is 6.65. The van der Waals surface area contributed by atoms with Gasteiger partial charge in [-0.15, -0.1) is 0 Å². The van der Waals surface area contributed by atoms with E-state index in [1.54, 1.807) is 0 Å². The first-order valence-corrected chi connectivity index (χ1v) is 7.65. The summed E-state index contributed by atoms with van der Waals surface area (Å²) in [7, 11) is -0.903. The van der Waals surface area contributed by atoms with E-state index in [-0.39, 0.29) is 19.5 Å². The molecule has 1 unspecified atom stereocenters. The lowest BCUT2D eigenvalue weighted by molar-refractivity contribution is -0.140. The van der Waals surface area contributed by atoms with E-state index in [0.717, 1.165) is 17.1 Å². The van der Waals surface area contributed by atoms with Crippen LogP contribution in [0.15, 0.2) is 0 Å². The largest absolute Gasteiger partial charge is 0.469 e. The third-order valence-corrected chi connectivity index (χ3v) is 4.71. The monoisotopic (exact) mass is 294 g/mol. The summed E-state index contributed by atoms with van der Waals surface area (Å²) >= 11 is 0. The van der Waals surface area contributed by atoms with E-state index >= 15 is 0 Å². The van der Waals surface area contributed by atoms with E-state index in [0.29, 0.717) is 6.61 Å². The third-order valence-electron chi connectivity index (χ3n) is 3.20. The van der Waals surface area contributed by atoms with Crippen molar-refractivity contribution in [1.82, 2.24) is 9.03 Å². The average molecular weight is 294 g/mol. The van der Waals surface area contributed by atoms with Crippen molar-refractivity contribution in [2.24, 2.45) is 0 Å². The maximum absolute atomic E-state index is 11.9. The van der Waals surface area contributed by atoms with Crippen LogP contribution in [0, 0.1) is 0 Å². The number of hydrogen-bond acceptors (Lipinski definition) is 5. The van der Waals surface area contributed by atoms with Crippen LogP contribution >= 0.6 is 0 Å². The SMILES string of the molecule is COC(=O)CCN(C)S(=O)(=O)NCC1(C)CCCO1. The minimum absolute atomic E-state index is 0.0294. The zero-order valence-corrected chi connectivity index (χ0v) is 12.5. The van der Waals surface area contributed by atoms with Crippen molar-refractivity contribution in [2.75, 3.05) is 33.9 Å². The van der Waals surface area contributed by atoms with Crippen molar-refractivity contribution in [3.05, 3.63) is 0 Å². The number of carbonyl (C=O) groups excluding carboxylic acids is 1. The minimum Gasteiger partial charge on any atom is -0.469 e. The van der Waals surface area contributed by atoms with Crippen molar-refractivity contribution in [3.63, 3.8) is 0 Å². The van der Waals surface area contributed by atoms with Gasteiger partial charge in [0.25, 0.3) is 10.2 Å². The molecule has 0 spiro atoms. The lowest BCUT2D eigenvalue weighted by atomic mass is 10.0. The first-order valence-electron chi connectivity index (χ1n) is 6.21. The summed E-state index contributed by atoms with van der Waals surface area (Å²) in [6.07, 6.45) is 1.81. The van der Waals surface area contributed by atoms with Gasteiger partial charge in [-0.3, -0.25) is 4.79 Å². The number of esters is 1. The molecule has 0 amide bonds. The maximum Gasteiger partial charge on any atom is 0.306 e. The van der Waals surface area contributed by atoms with E-state index in [1.807, 2.05) is 6.92 Å². The number of nitrogens with zero attached hydrogens (tertiary/aromatic N) is 1. The van der Waals surface area contributed by atoms with Crippen LogP contribution in [-0.2, 0) is 24.5 Å². The molecule has 8 heteroatoms. The van der Waals surface area contributed by atoms with E-state index in [1.165, 1.54) is 14.2 Å². The fourth-order valence-electron chi connectivity index (χ4n) is 1.80. The van der Waals surface area contributed by atoms with Crippen LogP contribution in [0.25, 0.3) is 0 Å². The van der Waals surface area contributed by atoms with Crippen LogP contribution in [-0.4, -0.2) is 58.1 Å². The Bertz CT molecular complexity index is 403. The molecule has 1 saturated heterocycles. The van der Waals surface area contributed by atoms with Crippen LogP contribution in [0.2, 0.25) is 0 Å². The Hall–Kier alpha value is -0.700. The number of nitrogens with one attached hydrogen (secondary N) is 1. The fourth-order valence-corrected chi connectivity index (χ4v) is 2.84. The van der Waals surface area contributed by atoms with Gasteiger partial charge in [0.1, 0.15) is 0 Å². The minimum atomic E-state index is -3.59. The molecule has 0 aromatic rings. The molecule has 0 aromatic carbocycles. The van der Waals surface area contributed by atoms with Gasteiger partial charge in [0.05, 0.1) is 19.1 Å². The molecule has 0 aromatic heterocycles. The summed E-state index contributed by atoms with van der Waals surface area (Å²) in [6, 6.07) is 0. The van der Waals surface area contributed by atoms with Crippen LogP contribution in [0.1, 0.15) is 26.2 Å². The quantitative estimate of drug-likeness (QED) is 0.662. The second-order valence-electron chi connectivity index (χ2n) is 4.88. The van der Waals surface area contributed by atoms with Gasteiger partial charge in [-0.1, -0.05) is 0 Å². The van der Waals surface area contributed by atoms with Gasteiger partial charge in [0.15, 0.2) is 0 Å². The van der Waals surface area contributed by atoms with Gasteiger partial charge in [-0.05, 0) is 19.8 Å². The smallest absolute Gasteiger partial charge is 0.306 e. The molecule has 19 heavy (non-hydrogen) atoms. The lowest BCUT2D eigenvalue weighted by Gasteiger charge is -2.25. The Balaban J connectivity index is 2.43. The predicted molar refractivity (Wildman–Crippen MR) is 69.8 cm³/mol. The summed E-state index contributed by atoms with van der Waals surface area (Å²) in [5, 5.41) is 0. The zero-order valence-electron chi connectivity index (χ0n) is 11.6. The molecule has 1 atom stereocenters. The predicted octanol–water partition coefficient (Wildman–Crippen LogP) is -0.115. The number of hydrogen-bond donors (Lipinski definition) is 1. The molecular weight excluding hydrogens is 272 g/mol. The van der Waals surface area contributed by atoms with Crippen molar-refractivity contribution in [3.8, 4) is 0 Å². The zero-order chi connectivity index (χ0) is 14.5. The van der Waals surface area contributed by atoms with Crippen molar-refractivity contribution in [1.29, 1.82) is 0 Å². The lowest BCUT2D eigenvalue weighted by Crippen LogP contribution is -2.46. The van der Waals surface area contributed by atoms with Crippen molar-refractivity contribution >= 4 is 16.2 Å². The van der Waals surface area contributed by atoms with Crippen molar-refractivity contribution < 1.29 is 22.7 Å². The highest BCUT2D eigenvalue weighted by Crippen LogP contribution is 2.24. The molecule has 0 radical (unpaired) electrons. The molecule has 1 aliphatic heterocycles. The first kappa shape index (κ1) is 16.4. The summed E-state index contributed by atoms with van der Waals surface area (Å²) in [5.41, 5.74) is -0.434. The van der Waals surface area contributed by atoms with E-state index in [4.69, 9.17) is 4.74 Å². The Morgan fingerprint density at radius 1 is 1.53 bits per heavy atom. The molecule has 7 nitrogen and oxygen atoms in total. The van der Waals surface area contributed by atoms with Crippen molar-refractivity contribution in [2.45, 2.75) is 31.8 Å². The summed E-state index contributed by atoms with van der Waals surface area (Å²) in [6.45, 7) is 2.87. The third kappa shape index (κ3) is 5.06. The van der Waals surface area contributed by atoms with Gasteiger partial charge in [-0.25, -0.2) is 0 Å². The van der Waals surface area contributed by atoms with Crippen LogP contribution < -0.4 is 4.72 Å². The molecule has 1 fully saturated rings. The van der Waals surface area contributed by atoms with E-state index in [2.05, 4.69) is 9.46 Å². The topological polar surface area (TPSA) is 84.9 Å². The average Bonchev–Trinajstić information content (AvgIpc) is 2.80. The highest BCUT2D eigenvalue weighted by molar-refractivity contribution is 7.87. The molecule has 1 N–H and O–H groups in total. The molecular formula is C11H22N2O5S. The molecule has 0 saturated carbocycles. The van der Waals surface area contributed by atoms with Gasteiger partial charge < -0.3 is 9.47 Å². The molecule has 1 rings (SSSR count). The number of rotatable bonds is 7. The van der Waals surface area contributed by atoms with E-state index < -0.39 is 21.8 Å². The first-order chi connectivity index (χ1) is 8.79. The van der Waals surface area contributed by atoms with E-state index in [9.17, 15) is 13.2 Å². The highest BCUT2D eigenvalue weighted by atomic mass is 32.2. The Morgan fingerprint density at radius 2 is 2.21 bits per heavy atom. The standard InChI is InChI=1S/C11H22N2O5S/c1-11(6-4-8-18-11)9-12-19(15,16)13(2)7-5-10(14)17-3/h12H,4-9H2,1-3H3. The summed E-state index contributed by atoms with van der Waals surface area (Å²) < 4.78 is 37.5. The molecule has 112 valence electrons. The Labute approximate surface area is 114 Å². The molecule has 0 aliphatic carbocycles. The van der Waals surface area contributed by atoms with Gasteiger partial charge >= 0.3 is 5.97 Å². The number of carbonyl (C=O) groups is 1. The number of methoxy groups -OCH3 is 1. The highest BCUT2D eigenvalue weighted by Gasteiger charge is 2.32. The fraction of sp³-hybridized carbons (Fsp3) is 0.909. The summed E-state index contributed by atoms with van der Waals surface area (Å²) in [4.78, 5) is 11.0. The maximum atomic E-state index is 11.9. The second-order valence-corrected chi connectivity index (χ2v) is 6.74. The molecule has 1 heterocycles. The van der Waals surface area contributed by atoms with Gasteiger partial charge in [0.2, 0.25) is 0 Å².